The Hall–Kier alpha value is -2.19. The number of nitrogens with one attached hydrogen (secondary N) is 1. The molecule has 0 radical (unpaired) electrons. The van der Waals surface area contributed by atoms with E-state index in [1.165, 1.54) is 11.3 Å². The van der Waals surface area contributed by atoms with Crippen molar-refractivity contribution >= 4 is 50.6 Å². The first kappa shape index (κ1) is 18.8. The molecule has 8 heteroatoms. The van der Waals surface area contributed by atoms with Crippen molar-refractivity contribution in [1.29, 1.82) is 0 Å². The average molecular weight is 429 g/mol. The van der Waals surface area contributed by atoms with Gasteiger partial charge in [-0.05, 0) is 44.2 Å². The van der Waals surface area contributed by atoms with Crippen LogP contribution in [0, 0.1) is 0 Å². The minimum atomic E-state index is -1.12. The number of piperazine rings is 1. The molecule has 150 valence electrons. The van der Waals surface area contributed by atoms with E-state index in [9.17, 15) is 5.11 Å². The molecule has 1 saturated heterocycles. The van der Waals surface area contributed by atoms with Gasteiger partial charge in [0.25, 0.3) is 0 Å². The van der Waals surface area contributed by atoms with E-state index in [1.807, 2.05) is 36.4 Å². The molecule has 29 heavy (non-hydrogen) atoms. The van der Waals surface area contributed by atoms with Crippen molar-refractivity contribution in [2.75, 3.05) is 18.0 Å². The number of pyridine rings is 1. The Labute approximate surface area is 177 Å². The molecule has 1 aromatic carbocycles. The summed E-state index contributed by atoms with van der Waals surface area (Å²) in [5.41, 5.74) is 2.19. The summed E-state index contributed by atoms with van der Waals surface area (Å²) in [6, 6.07) is 10.5. The van der Waals surface area contributed by atoms with Crippen LogP contribution >= 0.6 is 22.9 Å². The van der Waals surface area contributed by atoms with Gasteiger partial charge < -0.3 is 20.1 Å². The number of ether oxygens (including phenoxy) is 1. The van der Waals surface area contributed by atoms with Gasteiger partial charge in [-0.1, -0.05) is 17.7 Å². The van der Waals surface area contributed by atoms with Crippen LogP contribution in [0.4, 0.5) is 5.82 Å². The van der Waals surface area contributed by atoms with Gasteiger partial charge in [0.05, 0.1) is 15.3 Å². The lowest BCUT2D eigenvalue weighted by molar-refractivity contribution is 0.0282. The third-order valence-corrected chi connectivity index (χ3v) is 6.55. The molecule has 3 aromatic rings. The Morgan fingerprint density at radius 2 is 1.97 bits per heavy atom. The lowest BCUT2D eigenvalue weighted by Crippen LogP contribution is -2.54. The van der Waals surface area contributed by atoms with Crippen LogP contribution in [-0.4, -0.2) is 46.5 Å². The maximum Gasteiger partial charge on any atom is 0.229 e. The van der Waals surface area contributed by atoms with E-state index in [4.69, 9.17) is 16.3 Å². The summed E-state index contributed by atoms with van der Waals surface area (Å²) in [6.07, 6.45) is 0.778. The summed E-state index contributed by atoms with van der Waals surface area (Å²) in [7, 11) is 0. The molecule has 2 aliphatic heterocycles. The zero-order valence-electron chi connectivity index (χ0n) is 16.1. The van der Waals surface area contributed by atoms with Crippen LogP contribution in [0.2, 0.25) is 5.02 Å². The molecule has 0 aliphatic carbocycles. The van der Waals surface area contributed by atoms with Crippen LogP contribution in [0.5, 0.6) is 5.88 Å². The van der Waals surface area contributed by atoms with Crippen LogP contribution in [-0.2, 0) is 0 Å². The van der Waals surface area contributed by atoms with Crippen molar-refractivity contribution in [2.24, 2.45) is 0 Å². The maximum absolute atomic E-state index is 10.6. The van der Waals surface area contributed by atoms with E-state index in [0.717, 1.165) is 34.7 Å². The number of thiazole rings is 1. The van der Waals surface area contributed by atoms with Gasteiger partial charge in [0.15, 0.2) is 0 Å². The number of benzene rings is 1. The molecule has 0 saturated carbocycles. The maximum atomic E-state index is 10.6. The third kappa shape index (κ3) is 3.48. The number of hydrogen-bond donors (Lipinski definition) is 2. The summed E-state index contributed by atoms with van der Waals surface area (Å²) < 4.78 is 6.75. The highest BCUT2D eigenvalue weighted by Crippen LogP contribution is 2.38. The predicted molar refractivity (Wildman–Crippen MR) is 118 cm³/mol. The van der Waals surface area contributed by atoms with Crippen molar-refractivity contribution in [1.82, 2.24) is 15.3 Å². The van der Waals surface area contributed by atoms with Crippen molar-refractivity contribution in [3.8, 4) is 5.88 Å². The first-order valence-corrected chi connectivity index (χ1v) is 10.8. The van der Waals surface area contributed by atoms with E-state index in [0.29, 0.717) is 33.6 Å². The summed E-state index contributed by atoms with van der Waals surface area (Å²) in [5.74, 6) is 1.30. The summed E-state index contributed by atoms with van der Waals surface area (Å²) >= 11 is 7.73. The number of hydrogen-bond acceptors (Lipinski definition) is 7. The minimum absolute atomic E-state index is 0.389. The van der Waals surface area contributed by atoms with Gasteiger partial charge in [-0.15, -0.1) is 11.3 Å². The Balaban J connectivity index is 1.49. The lowest BCUT2D eigenvalue weighted by Gasteiger charge is -2.37. The lowest BCUT2D eigenvalue weighted by atomic mass is 10.1. The van der Waals surface area contributed by atoms with E-state index in [-0.39, 0.29) is 0 Å². The van der Waals surface area contributed by atoms with Crippen molar-refractivity contribution in [2.45, 2.75) is 32.2 Å². The molecule has 5 rings (SSSR count). The fourth-order valence-corrected chi connectivity index (χ4v) is 5.24. The molecule has 3 atom stereocenters. The number of fused-ring (bicyclic) bond motifs is 2. The minimum Gasteiger partial charge on any atom is -0.443 e. The number of nitrogens with zero attached hydrogens (tertiary/aromatic N) is 3. The van der Waals surface area contributed by atoms with Gasteiger partial charge in [0.1, 0.15) is 16.3 Å². The second-order valence-corrected chi connectivity index (χ2v) is 9.05. The molecule has 0 bridgehead atoms. The molecule has 2 aromatic heterocycles. The molecule has 2 aliphatic rings. The summed E-state index contributed by atoms with van der Waals surface area (Å²) in [5, 5.41) is 15.4. The van der Waals surface area contributed by atoms with E-state index in [1.54, 1.807) is 0 Å². The smallest absolute Gasteiger partial charge is 0.229 e. The Morgan fingerprint density at radius 1 is 1.17 bits per heavy atom. The zero-order valence-corrected chi connectivity index (χ0v) is 17.7. The van der Waals surface area contributed by atoms with Crippen molar-refractivity contribution in [3.05, 3.63) is 45.9 Å². The van der Waals surface area contributed by atoms with E-state index in [2.05, 4.69) is 34.0 Å². The fourth-order valence-electron chi connectivity index (χ4n) is 3.95. The standard InChI is InChI=1S/C21H21ClN4O2S/c1-11-9-26(10-12(2)23-11)17-7-6-13-8-14(21(27)28-19(13)24-17)20-25-18-15(22)4-3-5-16(18)29-20/h3-8,11-12,21,23,27H,9-10H2,1-2H3/t11-,12+,21?. The third-order valence-electron chi connectivity index (χ3n) is 5.17. The molecule has 6 nitrogen and oxygen atoms in total. The topological polar surface area (TPSA) is 70.5 Å². The number of halogens is 1. The molecule has 0 amide bonds. The van der Waals surface area contributed by atoms with Gasteiger partial charge in [0, 0.05) is 30.7 Å². The van der Waals surface area contributed by atoms with Crippen LogP contribution in [0.25, 0.3) is 21.9 Å². The van der Waals surface area contributed by atoms with Gasteiger partial charge in [-0.2, -0.15) is 4.98 Å². The normalized spacial score (nSPS) is 24.2. The Kier molecular flexibility index (Phi) is 4.70. The van der Waals surface area contributed by atoms with Crippen molar-refractivity contribution < 1.29 is 9.84 Å². The largest absolute Gasteiger partial charge is 0.443 e. The van der Waals surface area contributed by atoms with Crippen molar-refractivity contribution in [3.63, 3.8) is 0 Å². The van der Waals surface area contributed by atoms with Gasteiger partial charge >= 0.3 is 0 Å². The molecular weight excluding hydrogens is 408 g/mol. The molecule has 1 fully saturated rings. The molecule has 4 heterocycles. The molecule has 2 N–H and O–H groups in total. The second-order valence-electron chi connectivity index (χ2n) is 7.61. The SMILES string of the molecule is C[C@@H]1CN(c2ccc3c(n2)OC(O)C(c2nc4c(Cl)cccc4s2)=C3)C[C@H](C)N1. The number of para-hydroxylation sites is 1. The second kappa shape index (κ2) is 7.25. The zero-order chi connectivity index (χ0) is 20.1. The van der Waals surface area contributed by atoms with Gasteiger partial charge in [0.2, 0.25) is 12.2 Å². The number of aromatic nitrogens is 2. The first-order valence-electron chi connectivity index (χ1n) is 9.62. The molecular formula is C21H21ClN4O2S. The number of anilines is 1. The van der Waals surface area contributed by atoms with E-state index < -0.39 is 6.29 Å². The van der Waals surface area contributed by atoms with Gasteiger partial charge in [-0.25, -0.2) is 4.98 Å². The average Bonchev–Trinajstić information content (AvgIpc) is 3.11. The highest BCUT2D eigenvalue weighted by atomic mass is 35.5. The highest BCUT2D eigenvalue weighted by Gasteiger charge is 2.28. The summed E-state index contributed by atoms with van der Waals surface area (Å²) in [4.78, 5) is 11.5. The highest BCUT2D eigenvalue weighted by molar-refractivity contribution is 7.19. The number of aliphatic hydroxyl groups excluding tert-OH is 1. The van der Waals surface area contributed by atoms with Crippen LogP contribution < -0.4 is 15.0 Å². The Bertz CT molecular complexity index is 1110. The fraction of sp³-hybridized carbons (Fsp3) is 0.333. The molecule has 1 unspecified atom stereocenters. The quantitative estimate of drug-likeness (QED) is 0.647. The van der Waals surface area contributed by atoms with Crippen LogP contribution in [0.15, 0.2) is 30.3 Å². The van der Waals surface area contributed by atoms with Crippen LogP contribution in [0.1, 0.15) is 24.4 Å². The predicted octanol–water partition coefficient (Wildman–Crippen LogP) is 3.78. The van der Waals surface area contributed by atoms with Crippen LogP contribution in [0.3, 0.4) is 0 Å². The molecule has 0 spiro atoms. The number of aliphatic hydroxyl groups is 1. The summed E-state index contributed by atoms with van der Waals surface area (Å²) in [6.45, 7) is 6.10. The monoisotopic (exact) mass is 428 g/mol. The van der Waals surface area contributed by atoms with Gasteiger partial charge in [-0.3, -0.25) is 0 Å². The Morgan fingerprint density at radius 3 is 2.72 bits per heavy atom. The van der Waals surface area contributed by atoms with E-state index >= 15 is 0 Å². The first-order chi connectivity index (χ1) is 14.0. The number of rotatable bonds is 2.